The smallest absolute Gasteiger partial charge is 0.273 e. The van der Waals surface area contributed by atoms with Crippen LogP contribution < -0.4 is 19.1 Å². The number of nitrogens with zero attached hydrogens (tertiary/aromatic N) is 3. The van der Waals surface area contributed by atoms with E-state index in [1.165, 1.54) is 63.3 Å². The van der Waals surface area contributed by atoms with Gasteiger partial charge in [-0.2, -0.15) is 0 Å². The van der Waals surface area contributed by atoms with Crippen molar-refractivity contribution < 1.29 is 32.4 Å². The highest BCUT2D eigenvalue weighted by Gasteiger charge is 2.35. The van der Waals surface area contributed by atoms with E-state index in [4.69, 9.17) is 21.1 Å². The first-order valence-corrected chi connectivity index (χ1v) is 15.0. The number of halogens is 1. The van der Waals surface area contributed by atoms with E-state index in [9.17, 15) is 28.1 Å². The van der Waals surface area contributed by atoms with Crippen LogP contribution in [0, 0.1) is 17.0 Å². The van der Waals surface area contributed by atoms with E-state index < -0.39 is 49.9 Å². The third-order valence-corrected chi connectivity index (χ3v) is 8.65. The maximum Gasteiger partial charge on any atom is 0.273 e. The summed E-state index contributed by atoms with van der Waals surface area (Å²) in [5.74, 6) is -0.556. The van der Waals surface area contributed by atoms with Crippen LogP contribution in [0.1, 0.15) is 25.0 Å². The summed E-state index contributed by atoms with van der Waals surface area (Å²) in [7, 11) is -1.80. The van der Waals surface area contributed by atoms with Crippen LogP contribution in [0.2, 0.25) is 5.02 Å². The lowest BCUT2D eigenvalue weighted by Gasteiger charge is -2.32. The van der Waals surface area contributed by atoms with Gasteiger partial charge >= 0.3 is 0 Å². The minimum Gasteiger partial charge on any atom is -0.497 e. The Kier molecular flexibility index (Phi) is 11.0. The van der Waals surface area contributed by atoms with Crippen molar-refractivity contribution in [2.75, 3.05) is 31.6 Å². The van der Waals surface area contributed by atoms with Gasteiger partial charge in [0.15, 0.2) is 0 Å². The number of sulfonamides is 1. The van der Waals surface area contributed by atoms with Crippen LogP contribution in [-0.4, -0.2) is 63.4 Å². The van der Waals surface area contributed by atoms with Crippen molar-refractivity contribution in [2.24, 2.45) is 0 Å². The maximum atomic E-state index is 14.1. The Morgan fingerprint density at radius 2 is 1.79 bits per heavy atom. The first-order chi connectivity index (χ1) is 20.3. The molecule has 1 atom stereocenters. The number of anilines is 1. The zero-order valence-electron chi connectivity index (χ0n) is 24.4. The lowest BCUT2D eigenvalue weighted by molar-refractivity contribution is -0.385. The number of carbonyl (C=O) groups is 2. The molecule has 0 bridgehead atoms. The van der Waals surface area contributed by atoms with Crippen molar-refractivity contribution in [1.82, 2.24) is 10.2 Å². The van der Waals surface area contributed by atoms with Gasteiger partial charge < -0.3 is 19.7 Å². The van der Waals surface area contributed by atoms with E-state index in [0.717, 1.165) is 10.4 Å². The van der Waals surface area contributed by atoms with E-state index in [-0.39, 0.29) is 28.6 Å². The number of benzene rings is 3. The van der Waals surface area contributed by atoms with E-state index in [2.05, 4.69) is 5.32 Å². The first-order valence-electron chi connectivity index (χ1n) is 13.1. The van der Waals surface area contributed by atoms with Crippen LogP contribution in [0.3, 0.4) is 0 Å². The van der Waals surface area contributed by atoms with Gasteiger partial charge in [0, 0.05) is 29.7 Å². The topological polar surface area (TPSA) is 148 Å². The number of nitro benzene ring substituents is 1. The molecule has 43 heavy (non-hydrogen) atoms. The average molecular weight is 633 g/mol. The molecule has 0 radical (unpaired) electrons. The van der Waals surface area contributed by atoms with Gasteiger partial charge in [-0.15, -0.1) is 0 Å². The van der Waals surface area contributed by atoms with Crippen LogP contribution in [-0.2, 0) is 26.2 Å². The van der Waals surface area contributed by atoms with Crippen molar-refractivity contribution in [3.63, 3.8) is 0 Å². The molecule has 0 spiro atoms. The highest BCUT2D eigenvalue weighted by atomic mass is 35.5. The molecule has 3 aromatic rings. The lowest BCUT2D eigenvalue weighted by atomic mass is 10.1. The molecule has 0 saturated heterocycles. The van der Waals surface area contributed by atoms with Gasteiger partial charge in [0.05, 0.1) is 29.7 Å². The summed E-state index contributed by atoms with van der Waals surface area (Å²) in [6.45, 7) is 4.23. The largest absolute Gasteiger partial charge is 0.497 e. The number of methoxy groups -OCH3 is 2. The van der Waals surface area contributed by atoms with Crippen molar-refractivity contribution in [3.8, 4) is 11.5 Å². The van der Waals surface area contributed by atoms with Gasteiger partial charge in [-0.05, 0) is 62.7 Å². The maximum absolute atomic E-state index is 14.1. The van der Waals surface area contributed by atoms with Gasteiger partial charge in [-0.25, -0.2) is 8.42 Å². The third kappa shape index (κ3) is 7.73. The zero-order valence-corrected chi connectivity index (χ0v) is 25.9. The molecule has 2 amide bonds. The summed E-state index contributed by atoms with van der Waals surface area (Å²) < 4.78 is 39.7. The summed E-state index contributed by atoms with van der Waals surface area (Å²) >= 11 is 6.24. The number of nitro groups is 1. The molecule has 0 aliphatic heterocycles. The number of likely N-dealkylation sites (N-methyl/N-ethyl adjacent to an activating group) is 1. The second-order valence-electron chi connectivity index (χ2n) is 9.48. The van der Waals surface area contributed by atoms with E-state index in [0.29, 0.717) is 17.9 Å². The second-order valence-corrected chi connectivity index (χ2v) is 11.8. The fourth-order valence-corrected chi connectivity index (χ4v) is 5.92. The summed E-state index contributed by atoms with van der Waals surface area (Å²) in [5.41, 5.74) is 0.411. The summed E-state index contributed by atoms with van der Waals surface area (Å²) in [4.78, 5) is 38.7. The standard InChI is InChI=1S/C29H33ClN4O8S/c1-6-31-29(36)20(3)32(17-21-8-7-9-23(14-21)41-4)28(35)18-33(26-15-22(30)11-13-27(26)42-5)43(39,40)24-12-10-19(2)25(16-24)34(37)38/h7-16,20H,6,17-18H2,1-5H3,(H,31,36). The molecule has 3 rings (SSSR count). The summed E-state index contributed by atoms with van der Waals surface area (Å²) in [6.07, 6.45) is 0. The van der Waals surface area contributed by atoms with Crippen LogP contribution in [0.25, 0.3) is 0 Å². The quantitative estimate of drug-likeness (QED) is 0.216. The fourth-order valence-electron chi connectivity index (χ4n) is 4.32. The molecule has 0 heterocycles. The third-order valence-electron chi connectivity index (χ3n) is 6.66. The number of nitrogens with one attached hydrogen (secondary N) is 1. The molecular weight excluding hydrogens is 600 g/mol. The fraction of sp³-hybridized carbons (Fsp3) is 0.310. The molecule has 0 aliphatic rings. The van der Waals surface area contributed by atoms with Gasteiger partial charge in [0.25, 0.3) is 15.7 Å². The molecule has 1 unspecified atom stereocenters. The van der Waals surface area contributed by atoms with E-state index >= 15 is 0 Å². The van der Waals surface area contributed by atoms with Gasteiger partial charge in [-0.3, -0.25) is 24.0 Å². The average Bonchev–Trinajstić information content (AvgIpc) is 2.98. The molecule has 14 heteroatoms. The highest BCUT2D eigenvalue weighted by molar-refractivity contribution is 7.92. The van der Waals surface area contributed by atoms with Crippen LogP contribution in [0.15, 0.2) is 65.6 Å². The predicted molar refractivity (Wildman–Crippen MR) is 162 cm³/mol. The molecule has 0 fully saturated rings. The number of carbonyl (C=O) groups excluding carboxylic acids is 2. The Morgan fingerprint density at radius 3 is 2.42 bits per heavy atom. The Hall–Kier alpha value is -4.36. The molecule has 3 aromatic carbocycles. The van der Waals surface area contributed by atoms with Crippen LogP contribution in [0.4, 0.5) is 11.4 Å². The van der Waals surface area contributed by atoms with Crippen molar-refractivity contribution in [1.29, 1.82) is 0 Å². The van der Waals surface area contributed by atoms with E-state index in [1.54, 1.807) is 31.2 Å². The normalized spacial score (nSPS) is 11.8. The molecule has 0 aromatic heterocycles. The number of amides is 2. The van der Waals surface area contributed by atoms with Crippen molar-refractivity contribution >= 4 is 44.8 Å². The minimum atomic E-state index is -4.62. The second kappa shape index (κ2) is 14.2. The Bertz CT molecular complexity index is 1620. The molecule has 12 nitrogen and oxygen atoms in total. The predicted octanol–water partition coefficient (Wildman–Crippen LogP) is 4.32. The van der Waals surface area contributed by atoms with Crippen LogP contribution >= 0.6 is 11.6 Å². The number of hydrogen-bond donors (Lipinski definition) is 1. The molecule has 0 aliphatic carbocycles. The zero-order chi connectivity index (χ0) is 31.9. The van der Waals surface area contributed by atoms with Gasteiger partial charge in [-0.1, -0.05) is 29.8 Å². The number of hydrogen-bond acceptors (Lipinski definition) is 8. The molecule has 1 N–H and O–H groups in total. The molecule has 0 saturated carbocycles. The molecular formula is C29H33ClN4O8S. The number of aryl methyl sites for hydroxylation is 1. The van der Waals surface area contributed by atoms with Crippen molar-refractivity contribution in [2.45, 2.75) is 38.3 Å². The summed E-state index contributed by atoms with van der Waals surface area (Å²) in [6, 6.07) is 13.6. The SMILES string of the molecule is CCNC(=O)C(C)N(Cc1cccc(OC)c1)C(=O)CN(c1cc(Cl)ccc1OC)S(=O)(=O)c1ccc(C)c([N+](=O)[O-])c1. The lowest BCUT2D eigenvalue weighted by Crippen LogP contribution is -2.51. The highest BCUT2D eigenvalue weighted by Crippen LogP contribution is 2.36. The molecule has 230 valence electrons. The van der Waals surface area contributed by atoms with Crippen molar-refractivity contribution in [3.05, 3.63) is 86.9 Å². The van der Waals surface area contributed by atoms with Gasteiger partial charge in [0.2, 0.25) is 11.8 Å². The van der Waals surface area contributed by atoms with E-state index in [1.807, 2.05) is 0 Å². The minimum absolute atomic E-state index is 0.0507. The Balaban J connectivity index is 2.17. The first kappa shape index (κ1) is 33.1. The number of rotatable bonds is 13. The Labute approximate surface area is 255 Å². The van der Waals surface area contributed by atoms with Crippen LogP contribution in [0.5, 0.6) is 11.5 Å². The monoisotopic (exact) mass is 632 g/mol. The van der Waals surface area contributed by atoms with Gasteiger partial charge in [0.1, 0.15) is 24.1 Å². The number of ether oxygens (including phenoxy) is 2. The Morgan fingerprint density at radius 1 is 1.07 bits per heavy atom. The summed E-state index contributed by atoms with van der Waals surface area (Å²) in [5, 5.41) is 14.5.